The van der Waals surface area contributed by atoms with E-state index in [-0.39, 0.29) is 11.8 Å². The van der Waals surface area contributed by atoms with Gasteiger partial charge in [0, 0.05) is 30.3 Å². The van der Waals surface area contributed by atoms with Gasteiger partial charge < -0.3 is 15.0 Å². The second-order valence-corrected chi connectivity index (χ2v) is 8.20. The Bertz CT molecular complexity index is 1050. The highest BCUT2D eigenvalue weighted by Gasteiger charge is 2.44. The van der Waals surface area contributed by atoms with Crippen LogP contribution in [0, 0.1) is 6.92 Å². The number of hydrogen-bond donors (Lipinski definition) is 1. The van der Waals surface area contributed by atoms with Crippen molar-refractivity contribution >= 4 is 29.0 Å². The van der Waals surface area contributed by atoms with Crippen molar-refractivity contribution in [2.45, 2.75) is 18.9 Å². The van der Waals surface area contributed by atoms with E-state index in [2.05, 4.69) is 10.3 Å². The molecule has 0 spiro atoms. The third-order valence-electron chi connectivity index (χ3n) is 5.26. The Morgan fingerprint density at radius 3 is 2.80 bits per heavy atom. The molecule has 2 atom stereocenters. The summed E-state index contributed by atoms with van der Waals surface area (Å²) in [5.41, 5.74) is 2.30. The lowest BCUT2D eigenvalue weighted by Crippen LogP contribution is -2.47. The van der Waals surface area contributed by atoms with Crippen LogP contribution in [0.5, 0.6) is 0 Å². The zero-order valence-electron chi connectivity index (χ0n) is 16.9. The number of thiophene rings is 1. The van der Waals surface area contributed by atoms with Crippen molar-refractivity contribution in [2.24, 2.45) is 0 Å². The summed E-state index contributed by atoms with van der Waals surface area (Å²) in [6.45, 7) is 2.75. The van der Waals surface area contributed by atoms with E-state index in [1.54, 1.807) is 35.6 Å². The smallest absolute Gasteiger partial charge is 0.254 e. The van der Waals surface area contributed by atoms with Crippen molar-refractivity contribution in [3.05, 3.63) is 81.7 Å². The number of anilines is 1. The van der Waals surface area contributed by atoms with Crippen LogP contribution in [0.4, 0.5) is 5.82 Å². The summed E-state index contributed by atoms with van der Waals surface area (Å²) >= 11 is 1.54. The van der Waals surface area contributed by atoms with Crippen molar-refractivity contribution in [1.29, 1.82) is 0 Å². The number of hydrogen-bond acceptors (Lipinski definition) is 5. The monoisotopic (exact) mass is 421 g/mol. The molecule has 0 saturated carbocycles. The van der Waals surface area contributed by atoms with Crippen LogP contribution in [0.2, 0.25) is 0 Å². The van der Waals surface area contributed by atoms with Gasteiger partial charge in [-0.1, -0.05) is 24.3 Å². The van der Waals surface area contributed by atoms with Gasteiger partial charge in [0.1, 0.15) is 5.82 Å². The molecule has 0 unspecified atom stereocenters. The van der Waals surface area contributed by atoms with Crippen molar-refractivity contribution in [3.63, 3.8) is 0 Å². The Morgan fingerprint density at radius 1 is 1.23 bits per heavy atom. The summed E-state index contributed by atoms with van der Waals surface area (Å²) in [6, 6.07) is 14.6. The fourth-order valence-electron chi connectivity index (χ4n) is 3.89. The molecule has 0 fully saturated rings. The highest BCUT2D eigenvalue weighted by molar-refractivity contribution is 7.10. The maximum Gasteiger partial charge on any atom is 0.254 e. The number of nitrogens with one attached hydrogen (secondary N) is 1. The molecule has 0 bridgehead atoms. The standard InChI is InChI=1S/C23H23N3O3S/c1-15-9-10-24-19(14-15)25-22(27)20-16-6-3-4-7-17(16)23(28)26(11-12-29-2)21(20)18-8-5-13-30-18/h3-10,13-14,20-21H,11-12H2,1-2H3,(H,24,25,27)/t20-,21+/m0/s1. The lowest BCUT2D eigenvalue weighted by Gasteiger charge is -2.41. The third kappa shape index (κ3) is 3.86. The average molecular weight is 422 g/mol. The molecule has 30 heavy (non-hydrogen) atoms. The van der Waals surface area contributed by atoms with E-state index < -0.39 is 12.0 Å². The second kappa shape index (κ2) is 8.77. The number of carbonyl (C=O) groups excluding carboxylic acids is 2. The molecule has 6 nitrogen and oxygen atoms in total. The van der Waals surface area contributed by atoms with Gasteiger partial charge in [-0.15, -0.1) is 11.3 Å². The Morgan fingerprint density at radius 2 is 2.07 bits per heavy atom. The highest BCUT2D eigenvalue weighted by atomic mass is 32.1. The third-order valence-corrected chi connectivity index (χ3v) is 6.20. The van der Waals surface area contributed by atoms with Crippen molar-refractivity contribution < 1.29 is 14.3 Å². The largest absolute Gasteiger partial charge is 0.383 e. The fraction of sp³-hybridized carbons (Fsp3) is 0.261. The van der Waals surface area contributed by atoms with Crippen LogP contribution in [0.3, 0.4) is 0 Å². The van der Waals surface area contributed by atoms with Crippen molar-refractivity contribution in [3.8, 4) is 0 Å². The van der Waals surface area contributed by atoms with E-state index in [1.807, 2.05) is 54.8 Å². The highest BCUT2D eigenvalue weighted by Crippen LogP contribution is 2.44. The molecule has 3 heterocycles. The first-order chi connectivity index (χ1) is 14.6. The number of aromatic nitrogens is 1. The topological polar surface area (TPSA) is 71.5 Å². The number of aryl methyl sites for hydroxylation is 1. The minimum Gasteiger partial charge on any atom is -0.383 e. The number of carbonyl (C=O) groups is 2. The Kier molecular flexibility index (Phi) is 5.92. The summed E-state index contributed by atoms with van der Waals surface area (Å²) in [7, 11) is 1.61. The van der Waals surface area contributed by atoms with Crippen LogP contribution in [0.15, 0.2) is 60.1 Å². The Balaban J connectivity index is 1.80. The van der Waals surface area contributed by atoms with Crippen molar-refractivity contribution in [2.75, 3.05) is 25.6 Å². The molecule has 1 aliphatic heterocycles. The minimum atomic E-state index is -0.559. The molecule has 2 amide bonds. The average Bonchev–Trinajstić information content (AvgIpc) is 3.27. The van der Waals surface area contributed by atoms with Gasteiger partial charge in [0.25, 0.3) is 5.91 Å². The van der Waals surface area contributed by atoms with E-state index in [9.17, 15) is 9.59 Å². The molecular weight excluding hydrogens is 398 g/mol. The molecule has 2 aromatic heterocycles. The van der Waals surface area contributed by atoms with Crippen LogP contribution >= 0.6 is 11.3 Å². The zero-order valence-corrected chi connectivity index (χ0v) is 17.7. The number of fused-ring (bicyclic) bond motifs is 1. The number of pyridine rings is 1. The number of rotatable bonds is 6. The van der Waals surface area contributed by atoms with E-state index in [4.69, 9.17) is 4.74 Å². The van der Waals surface area contributed by atoms with Crippen LogP contribution in [0.25, 0.3) is 0 Å². The number of methoxy groups -OCH3 is 1. The van der Waals surface area contributed by atoms with Gasteiger partial charge >= 0.3 is 0 Å². The Hall–Kier alpha value is -3.03. The molecule has 0 saturated heterocycles. The summed E-state index contributed by atoms with van der Waals surface area (Å²) in [4.78, 5) is 33.9. The van der Waals surface area contributed by atoms with Gasteiger partial charge in [-0.2, -0.15) is 0 Å². The molecule has 1 aromatic carbocycles. The number of ether oxygens (including phenoxy) is 1. The molecule has 3 aromatic rings. The van der Waals surface area contributed by atoms with Gasteiger partial charge in [0.15, 0.2) is 0 Å². The predicted molar refractivity (Wildman–Crippen MR) is 117 cm³/mol. The van der Waals surface area contributed by atoms with Crippen molar-refractivity contribution in [1.82, 2.24) is 9.88 Å². The first-order valence-corrected chi connectivity index (χ1v) is 10.6. The lowest BCUT2D eigenvalue weighted by atomic mass is 9.81. The van der Waals surface area contributed by atoms with Gasteiger partial charge in [0.2, 0.25) is 5.91 Å². The fourth-order valence-corrected chi connectivity index (χ4v) is 4.77. The SMILES string of the molecule is COCCN1C(=O)c2ccccc2[C@H](C(=O)Nc2cc(C)ccn2)[C@H]1c1cccs1. The number of nitrogens with zero attached hydrogens (tertiary/aromatic N) is 2. The van der Waals surface area contributed by atoms with Crippen LogP contribution < -0.4 is 5.32 Å². The van der Waals surface area contributed by atoms with Crippen LogP contribution in [0.1, 0.15) is 38.3 Å². The zero-order chi connectivity index (χ0) is 21.1. The molecule has 0 radical (unpaired) electrons. The second-order valence-electron chi connectivity index (χ2n) is 7.22. The van der Waals surface area contributed by atoms with Crippen LogP contribution in [-0.4, -0.2) is 42.0 Å². The van der Waals surface area contributed by atoms with E-state index >= 15 is 0 Å². The van der Waals surface area contributed by atoms with E-state index in [0.717, 1.165) is 16.0 Å². The van der Waals surface area contributed by atoms with Gasteiger partial charge in [-0.25, -0.2) is 4.98 Å². The normalized spacial score (nSPS) is 18.2. The van der Waals surface area contributed by atoms with Crippen LogP contribution in [-0.2, 0) is 9.53 Å². The summed E-state index contributed by atoms with van der Waals surface area (Å²) in [6.07, 6.45) is 1.67. The molecule has 4 rings (SSSR count). The maximum atomic E-state index is 13.6. The molecule has 154 valence electrons. The molecule has 7 heteroatoms. The minimum absolute atomic E-state index is 0.0845. The molecular formula is C23H23N3O3S. The predicted octanol–water partition coefficient (Wildman–Crippen LogP) is 4.02. The number of benzene rings is 1. The molecule has 0 aliphatic carbocycles. The first kappa shape index (κ1) is 20.3. The number of amides is 2. The summed E-state index contributed by atoms with van der Waals surface area (Å²) in [5.74, 6) is -0.327. The molecule has 1 aliphatic rings. The van der Waals surface area contributed by atoms with E-state index in [1.165, 1.54) is 0 Å². The maximum absolute atomic E-state index is 13.6. The first-order valence-electron chi connectivity index (χ1n) is 9.76. The Labute approximate surface area is 179 Å². The van der Waals surface area contributed by atoms with Gasteiger partial charge in [-0.05, 0) is 47.7 Å². The summed E-state index contributed by atoms with van der Waals surface area (Å²) < 4.78 is 5.25. The summed E-state index contributed by atoms with van der Waals surface area (Å²) in [5, 5.41) is 4.93. The van der Waals surface area contributed by atoms with Gasteiger partial charge in [-0.3, -0.25) is 9.59 Å². The lowest BCUT2D eigenvalue weighted by molar-refractivity contribution is -0.119. The van der Waals surface area contributed by atoms with Gasteiger partial charge in [0.05, 0.1) is 18.6 Å². The van der Waals surface area contributed by atoms with E-state index in [0.29, 0.717) is 24.5 Å². The molecule has 1 N–H and O–H groups in total. The quantitative estimate of drug-likeness (QED) is 0.653.